The van der Waals surface area contributed by atoms with E-state index >= 15 is 0 Å². The first-order valence-electron chi connectivity index (χ1n) is 8.69. The van der Waals surface area contributed by atoms with E-state index in [9.17, 15) is 8.78 Å². The normalized spacial score (nSPS) is 18.6. The van der Waals surface area contributed by atoms with Crippen LogP contribution in [-0.2, 0) is 6.54 Å². The number of hydrogen-bond acceptors (Lipinski definition) is 2. The summed E-state index contributed by atoms with van der Waals surface area (Å²) in [6, 6.07) is 3.46. The second kappa shape index (κ2) is 11.6. The van der Waals surface area contributed by atoms with E-state index in [0.29, 0.717) is 11.5 Å². The third kappa shape index (κ3) is 7.85. The molecule has 0 spiro atoms. The first-order chi connectivity index (χ1) is 11.6. The van der Waals surface area contributed by atoms with E-state index < -0.39 is 11.6 Å². The second-order valence-corrected chi connectivity index (χ2v) is 6.49. The van der Waals surface area contributed by atoms with E-state index in [1.807, 2.05) is 0 Å². The third-order valence-electron chi connectivity index (χ3n) is 4.36. The Bertz CT molecular complexity index is 554. The highest BCUT2D eigenvalue weighted by Gasteiger charge is 2.15. The summed E-state index contributed by atoms with van der Waals surface area (Å²) in [5.74, 6) is 0.540. The molecule has 1 atom stereocenters. The summed E-state index contributed by atoms with van der Waals surface area (Å²) in [7, 11) is 1.67. The van der Waals surface area contributed by atoms with Gasteiger partial charge in [-0.3, -0.25) is 4.99 Å². The van der Waals surface area contributed by atoms with Crippen molar-refractivity contribution >= 4 is 29.9 Å². The summed E-state index contributed by atoms with van der Waals surface area (Å²) in [4.78, 5) is 6.62. The van der Waals surface area contributed by atoms with Gasteiger partial charge in [0.05, 0.1) is 0 Å². The number of aliphatic imine (C=N–C) groups is 1. The molecule has 0 amide bonds. The SMILES string of the molecule is CN=C(NCCCN1CCCC(C)C1)NCc1cc(F)ccc1F.I. The quantitative estimate of drug-likeness (QED) is 0.293. The molecule has 1 aromatic rings. The van der Waals surface area contributed by atoms with Crippen molar-refractivity contribution in [2.45, 2.75) is 32.7 Å². The molecule has 0 aliphatic carbocycles. The van der Waals surface area contributed by atoms with Crippen LogP contribution in [0.1, 0.15) is 31.7 Å². The van der Waals surface area contributed by atoms with Gasteiger partial charge >= 0.3 is 0 Å². The number of piperidine rings is 1. The van der Waals surface area contributed by atoms with Gasteiger partial charge in [-0.2, -0.15) is 0 Å². The summed E-state index contributed by atoms with van der Waals surface area (Å²) in [6.07, 6.45) is 3.65. The smallest absolute Gasteiger partial charge is 0.191 e. The van der Waals surface area contributed by atoms with Gasteiger partial charge in [0, 0.05) is 32.2 Å². The zero-order valence-corrected chi connectivity index (χ0v) is 17.4. The van der Waals surface area contributed by atoms with Crippen LogP contribution in [0.4, 0.5) is 8.78 Å². The fourth-order valence-electron chi connectivity index (χ4n) is 3.08. The summed E-state index contributed by atoms with van der Waals surface area (Å²) >= 11 is 0. The molecular weight excluding hydrogens is 437 g/mol. The standard InChI is InChI=1S/C18H28F2N4.HI/c1-14-5-3-9-24(13-14)10-4-8-22-18(21-2)23-12-15-11-16(19)6-7-17(15)20;/h6-7,11,14H,3-5,8-10,12-13H2,1-2H3,(H2,21,22,23);1H. The Hall–Kier alpha value is -0.960. The van der Waals surface area contributed by atoms with E-state index in [2.05, 4.69) is 27.4 Å². The van der Waals surface area contributed by atoms with Gasteiger partial charge in [-0.25, -0.2) is 8.78 Å². The van der Waals surface area contributed by atoms with Crippen molar-refractivity contribution < 1.29 is 8.78 Å². The highest BCUT2D eigenvalue weighted by molar-refractivity contribution is 14.0. The predicted molar refractivity (Wildman–Crippen MR) is 109 cm³/mol. The summed E-state index contributed by atoms with van der Waals surface area (Å²) in [5, 5.41) is 6.24. The lowest BCUT2D eigenvalue weighted by atomic mass is 10.0. The zero-order chi connectivity index (χ0) is 17.4. The molecule has 1 aliphatic rings. The van der Waals surface area contributed by atoms with Crippen LogP contribution in [0.15, 0.2) is 23.2 Å². The number of hydrogen-bond donors (Lipinski definition) is 2. The molecular formula is C18H29F2IN4. The highest BCUT2D eigenvalue weighted by atomic mass is 127. The Balaban J connectivity index is 0.00000312. The molecule has 1 unspecified atom stereocenters. The highest BCUT2D eigenvalue weighted by Crippen LogP contribution is 2.15. The number of likely N-dealkylation sites (tertiary alicyclic amines) is 1. The van der Waals surface area contributed by atoms with Gasteiger partial charge < -0.3 is 15.5 Å². The zero-order valence-electron chi connectivity index (χ0n) is 15.0. The Morgan fingerprint density at radius 3 is 2.84 bits per heavy atom. The van der Waals surface area contributed by atoms with Crippen LogP contribution in [0, 0.1) is 17.6 Å². The lowest BCUT2D eigenvalue weighted by molar-refractivity contribution is 0.182. The molecule has 4 nitrogen and oxygen atoms in total. The maximum atomic E-state index is 13.6. The maximum Gasteiger partial charge on any atom is 0.191 e. The van der Waals surface area contributed by atoms with E-state index in [4.69, 9.17) is 0 Å². The molecule has 1 aliphatic heterocycles. The molecule has 0 saturated carbocycles. The van der Waals surface area contributed by atoms with Gasteiger partial charge in [-0.05, 0) is 56.5 Å². The van der Waals surface area contributed by atoms with Gasteiger partial charge in [0.1, 0.15) is 11.6 Å². The fourth-order valence-corrected chi connectivity index (χ4v) is 3.08. The molecule has 142 valence electrons. The Morgan fingerprint density at radius 2 is 2.12 bits per heavy atom. The van der Waals surface area contributed by atoms with E-state index in [1.165, 1.54) is 32.0 Å². The lowest BCUT2D eigenvalue weighted by Gasteiger charge is -2.30. The molecule has 0 radical (unpaired) electrons. The van der Waals surface area contributed by atoms with Crippen molar-refractivity contribution in [3.05, 3.63) is 35.4 Å². The van der Waals surface area contributed by atoms with Crippen molar-refractivity contribution in [1.82, 2.24) is 15.5 Å². The lowest BCUT2D eigenvalue weighted by Crippen LogP contribution is -2.40. The Labute approximate surface area is 166 Å². The van der Waals surface area contributed by atoms with E-state index in [0.717, 1.165) is 37.6 Å². The molecule has 1 fully saturated rings. The summed E-state index contributed by atoms with van der Waals surface area (Å²) in [5.41, 5.74) is 0.292. The van der Waals surface area contributed by atoms with Crippen molar-refractivity contribution in [3.8, 4) is 0 Å². The number of benzene rings is 1. The predicted octanol–water partition coefficient (Wildman–Crippen LogP) is 3.37. The summed E-state index contributed by atoms with van der Waals surface area (Å²) in [6.45, 7) is 6.76. The van der Waals surface area contributed by atoms with Crippen molar-refractivity contribution in [1.29, 1.82) is 0 Å². The number of halogens is 3. The summed E-state index contributed by atoms with van der Waals surface area (Å²) < 4.78 is 26.8. The van der Waals surface area contributed by atoms with Crippen LogP contribution in [0.25, 0.3) is 0 Å². The van der Waals surface area contributed by atoms with E-state index in [-0.39, 0.29) is 30.5 Å². The third-order valence-corrected chi connectivity index (χ3v) is 4.36. The van der Waals surface area contributed by atoms with Crippen LogP contribution < -0.4 is 10.6 Å². The monoisotopic (exact) mass is 466 g/mol. The van der Waals surface area contributed by atoms with Crippen LogP contribution >= 0.6 is 24.0 Å². The van der Waals surface area contributed by atoms with Crippen LogP contribution in [0.5, 0.6) is 0 Å². The Kier molecular flexibility index (Phi) is 10.3. The molecule has 7 heteroatoms. The van der Waals surface area contributed by atoms with Crippen molar-refractivity contribution in [2.75, 3.05) is 33.2 Å². The van der Waals surface area contributed by atoms with Gasteiger partial charge in [0.25, 0.3) is 0 Å². The second-order valence-electron chi connectivity index (χ2n) is 6.49. The number of guanidine groups is 1. The molecule has 0 aromatic heterocycles. The minimum atomic E-state index is -0.438. The first kappa shape index (κ1) is 22.1. The average Bonchev–Trinajstić information content (AvgIpc) is 2.57. The average molecular weight is 466 g/mol. The minimum Gasteiger partial charge on any atom is -0.356 e. The molecule has 25 heavy (non-hydrogen) atoms. The van der Waals surface area contributed by atoms with Crippen LogP contribution in [0.2, 0.25) is 0 Å². The maximum absolute atomic E-state index is 13.6. The van der Waals surface area contributed by atoms with Crippen LogP contribution in [0.3, 0.4) is 0 Å². The number of rotatable bonds is 6. The molecule has 2 rings (SSSR count). The first-order valence-corrected chi connectivity index (χ1v) is 8.69. The Morgan fingerprint density at radius 1 is 1.32 bits per heavy atom. The van der Waals surface area contributed by atoms with Crippen molar-refractivity contribution in [2.24, 2.45) is 10.9 Å². The fraction of sp³-hybridized carbons (Fsp3) is 0.611. The van der Waals surface area contributed by atoms with Crippen molar-refractivity contribution in [3.63, 3.8) is 0 Å². The number of nitrogens with zero attached hydrogens (tertiary/aromatic N) is 2. The largest absolute Gasteiger partial charge is 0.356 e. The van der Waals surface area contributed by atoms with Gasteiger partial charge in [-0.1, -0.05) is 6.92 Å². The molecule has 2 N–H and O–H groups in total. The molecule has 1 aromatic carbocycles. The minimum absolute atomic E-state index is 0. The van der Waals surface area contributed by atoms with E-state index in [1.54, 1.807) is 7.05 Å². The molecule has 1 heterocycles. The number of nitrogens with one attached hydrogen (secondary N) is 2. The van der Waals surface area contributed by atoms with Gasteiger partial charge in [0.15, 0.2) is 5.96 Å². The topological polar surface area (TPSA) is 39.7 Å². The van der Waals surface area contributed by atoms with Gasteiger partial charge in [-0.15, -0.1) is 24.0 Å². The molecule has 1 saturated heterocycles. The molecule has 0 bridgehead atoms. The van der Waals surface area contributed by atoms with Crippen LogP contribution in [-0.4, -0.2) is 44.1 Å². The van der Waals surface area contributed by atoms with Gasteiger partial charge in [0.2, 0.25) is 0 Å².